The molecule has 2 atom stereocenters. The molecule has 0 radical (unpaired) electrons. The number of benzene rings is 1. The van der Waals surface area contributed by atoms with Gasteiger partial charge >= 0.3 is 0 Å². The Balaban J connectivity index is 1.75. The summed E-state index contributed by atoms with van der Waals surface area (Å²) in [4.78, 5) is -0.137. The van der Waals surface area contributed by atoms with Crippen molar-refractivity contribution in [1.29, 1.82) is 0 Å². The number of halogens is 4. The SMILES string of the molecule is COC1(F)C=CC(C2=C(c3ccc(S(=O)(=O)CF)cc3)CC3(CC3)C2)C(F)=C1F. The zero-order valence-corrected chi connectivity index (χ0v) is 16.5. The Kier molecular flexibility index (Phi) is 4.77. The van der Waals surface area contributed by atoms with E-state index in [1.807, 2.05) is 0 Å². The van der Waals surface area contributed by atoms with E-state index in [0.29, 0.717) is 24.0 Å². The topological polar surface area (TPSA) is 43.4 Å². The van der Waals surface area contributed by atoms with E-state index in [2.05, 4.69) is 4.74 Å². The summed E-state index contributed by atoms with van der Waals surface area (Å²) < 4.78 is 83.9. The number of sulfone groups is 1. The van der Waals surface area contributed by atoms with Crippen molar-refractivity contribution >= 4 is 15.4 Å². The van der Waals surface area contributed by atoms with E-state index in [-0.39, 0.29) is 10.3 Å². The van der Waals surface area contributed by atoms with E-state index in [0.717, 1.165) is 31.6 Å². The van der Waals surface area contributed by atoms with Crippen molar-refractivity contribution in [3.63, 3.8) is 0 Å². The van der Waals surface area contributed by atoms with E-state index in [9.17, 15) is 26.0 Å². The first-order valence-electron chi connectivity index (χ1n) is 9.25. The van der Waals surface area contributed by atoms with Crippen molar-refractivity contribution in [1.82, 2.24) is 0 Å². The predicted molar refractivity (Wildman–Crippen MR) is 100 cm³/mol. The minimum atomic E-state index is -3.98. The van der Waals surface area contributed by atoms with E-state index >= 15 is 0 Å². The van der Waals surface area contributed by atoms with Crippen LogP contribution in [0.2, 0.25) is 0 Å². The highest BCUT2D eigenvalue weighted by molar-refractivity contribution is 7.91. The highest BCUT2D eigenvalue weighted by atomic mass is 32.2. The maximum atomic E-state index is 14.8. The van der Waals surface area contributed by atoms with Gasteiger partial charge in [0.25, 0.3) is 5.85 Å². The van der Waals surface area contributed by atoms with Gasteiger partial charge in [0.1, 0.15) is 5.83 Å². The molecular weight excluding hydrogens is 408 g/mol. The molecule has 1 aromatic rings. The van der Waals surface area contributed by atoms with Crippen LogP contribution in [0.25, 0.3) is 5.57 Å². The third-order valence-corrected chi connectivity index (χ3v) is 7.40. The van der Waals surface area contributed by atoms with Gasteiger partial charge in [-0.05, 0) is 60.4 Å². The summed E-state index contributed by atoms with van der Waals surface area (Å²) in [6.07, 6.45) is 5.31. The van der Waals surface area contributed by atoms with E-state index < -0.39 is 39.3 Å². The number of alkyl halides is 2. The van der Waals surface area contributed by atoms with Gasteiger partial charge in [-0.15, -0.1) is 0 Å². The van der Waals surface area contributed by atoms with E-state index in [1.54, 1.807) is 12.1 Å². The fourth-order valence-electron chi connectivity index (χ4n) is 4.21. The standard InChI is InChI=1S/C21H20F4O3S/c1-28-21(25)7-6-15(18(23)19(21)24)17-11-20(8-9-20)10-16(17)13-2-4-14(5-3-13)29(26,27)12-22/h2-7,15H,8-12H2,1H3. The second-order valence-electron chi connectivity index (χ2n) is 7.95. The normalized spacial score (nSPS) is 28.5. The van der Waals surface area contributed by atoms with Crippen LogP contribution >= 0.6 is 0 Å². The Morgan fingerprint density at radius 1 is 1.14 bits per heavy atom. The van der Waals surface area contributed by atoms with Crippen LogP contribution in [-0.4, -0.2) is 27.4 Å². The van der Waals surface area contributed by atoms with Crippen LogP contribution in [0.5, 0.6) is 0 Å². The molecule has 2 unspecified atom stereocenters. The van der Waals surface area contributed by atoms with Crippen molar-refractivity contribution in [3.8, 4) is 0 Å². The van der Waals surface area contributed by atoms with Gasteiger partial charge in [-0.1, -0.05) is 23.8 Å². The van der Waals surface area contributed by atoms with Gasteiger partial charge in [0, 0.05) is 7.11 Å². The van der Waals surface area contributed by atoms with Gasteiger partial charge < -0.3 is 4.74 Å². The van der Waals surface area contributed by atoms with Crippen molar-refractivity contribution in [3.05, 3.63) is 59.2 Å². The minimum Gasteiger partial charge on any atom is -0.341 e. The molecule has 3 nitrogen and oxygen atoms in total. The number of ether oxygens (including phenoxy) is 1. The maximum absolute atomic E-state index is 14.8. The molecule has 0 bridgehead atoms. The van der Waals surface area contributed by atoms with Crippen LogP contribution in [0.4, 0.5) is 17.6 Å². The number of hydrogen-bond donors (Lipinski definition) is 0. The van der Waals surface area contributed by atoms with Crippen LogP contribution < -0.4 is 0 Å². The molecule has 0 N–H and O–H groups in total. The lowest BCUT2D eigenvalue weighted by atomic mass is 9.86. The van der Waals surface area contributed by atoms with Gasteiger partial charge in [-0.25, -0.2) is 21.6 Å². The first-order chi connectivity index (χ1) is 13.6. The number of allylic oxidation sites excluding steroid dienone is 4. The van der Waals surface area contributed by atoms with Crippen LogP contribution in [-0.2, 0) is 14.6 Å². The second-order valence-corrected chi connectivity index (χ2v) is 9.87. The molecule has 0 heterocycles. The molecule has 3 aliphatic rings. The summed E-state index contributed by atoms with van der Waals surface area (Å²) in [5, 5.41) is 0. The van der Waals surface area contributed by atoms with Crippen molar-refractivity contribution in [2.45, 2.75) is 36.4 Å². The number of rotatable bonds is 5. The summed E-state index contributed by atoms with van der Waals surface area (Å²) in [5.74, 6) is -6.73. The van der Waals surface area contributed by atoms with Gasteiger partial charge in [0.2, 0.25) is 15.7 Å². The summed E-state index contributed by atoms with van der Waals surface area (Å²) in [5.41, 5.74) is 2.13. The van der Waals surface area contributed by atoms with Crippen molar-refractivity contribution in [2.75, 3.05) is 13.1 Å². The molecule has 0 amide bonds. The summed E-state index contributed by atoms with van der Waals surface area (Å²) in [6, 6.07) is 4.24. The lowest BCUT2D eigenvalue weighted by Gasteiger charge is -2.27. The smallest absolute Gasteiger partial charge is 0.283 e. The quantitative estimate of drug-likeness (QED) is 0.468. The van der Waals surface area contributed by atoms with Gasteiger partial charge in [-0.2, -0.15) is 4.39 Å². The number of hydrogen-bond acceptors (Lipinski definition) is 3. The highest BCUT2D eigenvalue weighted by Gasteiger charge is 2.51. The Morgan fingerprint density at radius 2 is 1.79 bits per heavy atom. The molecule has 1 saturated carbocycles. The number of methoxy groups -OCH3 is 1. The molecule has 8 heteroatoms. The molecular formula is C21H20F4O3S. The molecule has 29 heavy (non-hydrogen) atoms. The van der Waals surface area contributed by atoms with E-state index in [1.165, 1.54) is 18.2 Å². The Bertz CT molecular complexity index is 1040. The Labute approximate surface area is 166 Å². The fraction of sp³-hybridized carbons (Fsp3) is 0.429. The molecule has 0 saturated heterocycles. The second kappa shape index (κ2) is 6.80. The lowest BCUT2D eigenvalue weighted by Crippen LogP contribution is -2.29. The lowest BCUT2D eigenvalue weighted by molar-refractivity contribution is -0.0679. The average molecular weight is 428 g/mol. The maximum Gasteiger partial charge on any atom is 0.283 e. The largest absolute Gasteiger partial charge is 0.341 e. The van der Waals surface area contributed by atoms with E-state index in [4.69, 9.17) is 0 Å². The molecule has 1 aromatic carbocycles. The van der Waals surface area contributed by atoms with Gasteiger partial charge in [-0.3, -0.25) is 0 Å². The third-order valence-electron chi connectivity index (χ3n) is 6.13. The first kappa shape index (κ1) is 20.3. The molecule has 156 valence electrons. The summed E-state index contributed by atoms with van der Waals surface area (Å²) >= 11 is 0. The molecule has 1 spiro atoms. The van der Waals surface area contributed by atoms with Gasteiger partial charge in [0.05, 0.1) is 10.8 Å². The van der Waals surface area contributed by atoms with Crippen molar-refractivity contribution in [2.24, 2.45) is 11.3 Å². The summed E-state index contributed by atoms with van der Waals surface area (Å²) in [6.45, 7) is 0. The molecule has 0 aromatic heterocycles. The van der Waals surface area contributed by atoms with Gasteiger partial charge in [0.15, 0.2) is 6.01 Å². The predicted octanol–water partition coefficient (Wildman–Crippen LogP) is 5.36. The zero-order chi connectivity index (χ0) is 21.0. The average Bonchev–Trinajstić information content (AvgIpc) is 3.37. The van der Waals surface area contributed by atoms with Crippen molar-refractivity contribution < 1.29 is 30.7 Å². The fourth-order valence-corrected chi connectivity index (χ4v) is 4.88. The van der Waals surface area contributed by atoms with Crippen LogP contribution in [0, 0.1) is 11.3 Å². The molecule has 0 aliphatic heterocycles. The summed E-state index contributed by atoms with van der Waals surface area (Å²) in [7, 11) is -3.02. The molecule has 4 rings (SSSR count). The zero-order valence-electron chi connectivity index (χ0n) is 15.7. The first-order valence-corrected chi connectivity index (χ1v) is 10.9. The van der Waals surface area contributed by atoms with Crippen LogP contribution in [0.1, 0.15) is 31.2 Å². The Morgan fingerprint density at radius 3 is 2.34 bits per heavy atom. The monoisotopic (exact) mass is 428 g/mol. The van der Waals surface area contributed by atoms with Crippen LogP contribution in [0.15, 0.2) is 58.5 Å². The Hall–Kier alpha value is -1.93. The minimum absolute atomic E-state index is 0.00442. The molecule has 3 aliphatic carbocycles. The van der Waals surface area contributed by atoms with Crippen LogP contribution in [0.3, 0.4) is 0 Å². The highest BCUT2D eigenvalue weighted by Crippen LogP contribution is 2.63. The molecule has 1 fully saturated rings. The third kappa shape index (κ3) is 3.36.